The molecule has 1 atom stereocenters. The van der Waals surface area contributed by atoms with Gasteiger partial charge in [-0.2, -0.15) is 5.10 Å². The van der Waals surface area contributed by atoms with E-state index < -0.39 is 5.92 Å². The van der Waals surface area contributed by atoms with Crippen molar-refractivity contribution in [1.82, 2.24) is 14.8 Å². The fraction of sp³-hybridized carbons (Fsp3) is 0.308. The van der Waals surface area contributed by atoms with E-state index in [9.17, 15) is 4.79 Å². The average Bonchev–Trinajstić information content (AvgIpc) is 2.78. The lowest BCUT2D eigenvalue weighted by atomic mass is 9.98. The summed E-state index contributed by atoms with van der Waals surface area (Å²) in [4.78, 5) is 16.2. The normalized spacial score (nSPS) is 12.1. The largest absolute Gasteiger partial charge is 0.465 e. The summed E-state index contributed by atoms with van der Waals surface area (Å²) >= 11 is 0. The van der Waals surface area contributed by atoms with E-state index in [-0.39, 0.29) is 5.97 Å². The van der Waals surface area contributed by atoms with Crippen molar-refractivity contribution in [1.29, 1.82) is 0 Å². The number of nitrogens with zero attached hydrogens (tertiary/aromatic N) is 3. The molecule has 0 aliphatic heterocycles. The van der Waals surface area contributed by atoms with Crippen molar-refractivity contribution >= 4 is 5.97 Å². The Balaban J connectivity index is 2.42. The molecule has 0 N–H and O–H groups in total. The number of esters is 1. The van der Waals surface area contributed by atoms with Crippen LogP contribution >= 0.6 is 0 Å². The van der Waals surface area contributed by atoms with Crippen molar-refractivity contribution in [2.75, 3.05) is 6.61 Å². The van der Waals surface area contributed by atoms with Gasteiger partial charge in [-0.3, -0.25) is 9.48 Å². The van der Waals surface area contributed by atoms with Crippen LogP contribution in [0.15, 0.2) is 36.7 Å². The van der Waals surface area contributed by atoms with Crippen LogP contribution in [0, 0.1) is 0 Å². The quantitative estimate of drug-likeness (QED) is 0.766. The van der Waals surface area contributed by atoms with E-state index in [0.29, 0.717) is 12.4 Å². The van der Waals surface area contributed by atoms with Gasteiger partial charge in [-0.1, -0.05) is 30.3 Å². The Labute approximate surface area is 105 Å². The minimum absolute atomic E-state index is 0.306. The molecule has 94 valence electrons. The highest BCUT2D eigenvalue weighted by Gasteiger charge is 2.27. The molecule has 0 saturated heterocycles. The van der Waals surface area contributed by atoms with Crippen molar-refractivity contribution in [3.8, 4) is 0 Å². The fourth-order valence-corrected chi connectivity index (χ4v) is 1.83. The predicted octanol–water partition coefficient (Wildman–Crippen LogP) is 1.51. The van der Waals surface area contributed by atoms with E-state index in [0.717, 1.165) is 5.56 Å². The summed E-state index contributed by atoms with van der Waals surface area (Å²) in [5.41, 5.74) is 0.854. The number of carbonyl (C=O) groups is 1. The van der Waals surface area contributed by atoms with Gasteiger partial charge in [-0.15, -0.1) is 0 Å². The van der Waals surface area contributed by atoms with Crippen LogP contribution in [0.25, 0.3) is 0 Å². The Morgan fingerprint density at radius 1 is 1.39 bits per heavy atom. The van der Waals surface area contributed by atoms with Crippen LogP contribution in [-0.4, -0.2) is 27.3 Å². The summed E-state index contributed by atoms with van der Waals surface area (Å²) in [6.45, 7) is 2.14. The summed E-state index contributed by atoms with van der Waals surface area (Å²) in [5, 5.41) is 4.00. The summed E-state index contributed by atoms with van der Waals surface area (Å²) in [6, 6.07) is 9.45. The number of ether oxygens (including phenoxy) is 1. The van der Waals surface area contributed by atoms with E-state index >= 15 is 0 Å². The maximum atomic E-state index is 12.1. The van der Waals surface area contributed by atoms with E-state index in [1.54, 1.807) is 18.7 Å². The smallest absolute Gasteiger partial charge is 0.321 e. The van der Waals surface area contributed by atoms with E-state index in [2.05, 4.69) is 10.1 Å². The zero-order valence-corrected chi connectivity index (χ0v) is 10.4. The number of rotatable bonds is 4. The van der Waals surface area contributed by atoms with Crippen LogP contribution in [-0.2, 0) is 16.6 Å². The maximum Gasteiger partial charge on any atom is 0.321 e. The molecule has 0 radical (unpaired) electrons. The molecular weight excluding hydrogens is 230 g/mol. The van der Waals surface area contributed by atoms with Crippen LogP contribution in [0.4, 0.5) is 0 Å². The summed E-state index contributed by atoms with van der Waals surface area (Å²) < 4.78 is 6.71. The van der Waals surface area contributed by atoms with Crippen molar-refractivity contribution in [3.63, 3.8) is 0 Å². The molecule has 1 heterocycles. The Hall–Kier alpha value is -2.17. The van der Waals surface area contributed by atoms with Gasteiger partial charge in [-0.25, -0.2) is 4.98 Å². The highest BCUT2D eigenvalue weighted by atomic mass is 16.5. The van der Waals surface area contributed by atoms with Gasteiger partial charge >= 0.3 is 5.97 Å². The molecule has 0 amide bonds. The first-order valence-corrected chi connectivity index (χ1v) is 5.79. The zero-order valence-electron chi connectivity index (χ0n) is 10.4. The van der Waals surface area contributed by atoms with E-state index in [4.69, 9.17) is 4.74 Å². The topological polar surface area (TPSA) is 57.0 Å². The third-order valence-corrected chi connectivity index (χ3v) is 2.66. The molecule has 0 fully saturated rings. The van der Waals surface area contributed by atoms with Gasteiger partial charge in [0, 0.05) is 7.05 Å². The molecular formula is C13H15N3O2. The van der Waals surface area contributed by atoms with Gasteiger partial charge in [0.25, 0.3) is 0 Å². The highest BCUT2D eigenvalue weighted by Crippen LogP contribution is 2.23. The Kier molecular flexibility index (Phi) is 3.72. The van der Waals surface area contributed by atoms with E-state index in [1.165, 1.54) is 6.33 Å². The average molecular weight is 245 g/mol. The summed E-state index contributed by atoms with van der Waals surface area (Å²) in [5.74, 6) is -0.252. The number of benzene rings is 1. The van der Waals surface area contributed by atoms with Crippen LogP contribution in [0.3, 0.4) is 0 Å². The first-order valence-electron chi connectivity index (χ1n) is 5.79. The van der Waals surface area contributed by atoms with Gasteiger partial charge in [0.1, 0.15) is 18.1 Å². The molecule has 18 heavy (non-hydrogen) atoms. The molecule has 0 aliphatic carbocycles. The third kappa shape index (κ3) is 2.40. The van der Waals surface area contributed by atoms with Crippen LogP contribution in [0.2, 0.25) is 0 Å². The molecule has 0 bridgehead atoms. The number of hydrogen-bond acceptors (Lipinski definition) is 4. The molecule has 5 nitrogen and oxygen atoms in total. The third-order valence-electron chi connectivity index (χ3n) is 2.66. The minimum Gasteiger partial charge on any atom is -0.465 e. The Morgan fingerprint density at radius 2 is 2.11 bits per heavy atom. The molecule has 1 unspecified atom stereocenters. The van der Waals surface area contributed by atoms with Crippen LogP contribution in [0.5, 0.6) is 0 Å². The number of aryl methyl sites for hydroxylation is 1. The molecule has 2 aromatic rings. The molecule has 0 spiro atoms. The second kappa shape index (κ2) is 5.44. The maximum absolute atomic E-state index is 12.1. The second-order valence-corrected chi connectivity index (χ2v) is 3.84. The zero-order chi connectivity index (χ0) is 13.0. The summed E-state index contributed by atoms with van der Waals surface area (Å²) in [6.07, 6.45) is 1.44. The molecule has 5 heteroatoms. The van der Waals surface area contributed by atoms with Gasteiger partial charge in [-0.05, 0) is 12.5 Å². The lowest BCUT2D eigenvalue weighted by Crippen LogP contribution is -2.20. The molecule has 0 aliphatic rings. The second-order valence-electron chi connectivity index (χ2n) is 3.84. The van der Waals surface area contributed by atoms with Gasteiger partial charge in [0.05, 0.1) is 6.61 Å². The van der Waals surface area contributed by atoms with Gasteiger partial charge in [0.2, 0.25) is 0 Å². The van der Waals surface area contributed by atoms with Crippen molar-refractivity contribution in [2.24, 2.45) is 7.05 Å². The molecule has 1 aromatic heterocycles. The molecule has 0 saturated carbocycles. The predicted molar refractivity (Wildman–Crippen MR) is 65.9 cm³/mol. The monoisotopic (exact) mass is 245 g/mol. The SMILES string of the molecule is CCOC(=O)C(c1ccccc1)c1ncnn1C. The van der Waals surface area contributed by atoms with Crippen LogP contribution < -0.4 is 0 Å². The van der Waals surface area contributed by atoms with Crippen molar-refractivity contribution in [3.05, 3.63) is 48.0 Å². The Morgan fingerprint density at radius 3 is 2.67 bits per heavy atom. The molecule has 2 rings (SSSR count). The number of carbonyl (C=O) groups excluding carboxylic acids is 1. The van der Waals surface area contributed by atoms with Crippen molar-refractivity contribution in [2.45, 2.75) is 12.8 Å². The lowest BCUT2D eigenvalue weighted by molar-refractivity contribution is -0.144. The molecule has 1 aromatic carbocycles. The van der Waals surface area contributed by atoms with Gasteiger partial charge < -0.3 is 4.74 Å². The number of hydrogen-bond donors (Lipinski definition) is 0. The minimum atomic E-state index is -0.529. The van der Waals surface area contributed by atoms with E-state index in [1.807, 2.05) is 30.3 Å². The van der Waals surface area contributed by atoms with Crippen molar-refractivity contribution < 1.29 is 9.53 Å². The first kappa shape index (κ1) is 12.3. The van der Waals surface area contributed by atoms with Crippen LogP contribution in [0.1, 0.15) is 24.2 Å². The number of aromatic nitrogens is 3. The standard InChI is InChI=1S/C13H15N3O2/c1-3-18-13(17)11(10-7-5-4-6-8-10)12-14-9-15-16(12)2/h4-9,11H,3H2,1-2H3. The lowest BCUT2D eigenvalue weighted by Gasteiger charge is -2.14. The van der Waals surface area contributed by atoms with Gasteiger partial charge in [0.15, 0.2) is 0 Å². The Bertz CT molecular complexity index is 522. The fourth-order valence-electron chi connectivity index (χ4n) is 1.83. The first-order chi connectivity index (χ1) is 8.74. The summed E-state index contributed by atoms with van der Waals surface area (Å²) in [7, 11) is 1.76. The highest BCUT2D eigenvalue weighted by molar-refractivity contribution is 5.81.